The Labute approximate surface area is 100 Å². The van der Waals surface area contributed by atoms with Crippen LogP contribution < -0.4 is 0 Å². The van der Waals surface area contributed by atoms with Crippen molar-refractivity contribution >= 4 is 0 Å². The van der Waals surface area contributed by atoms with Crippen LogP contribution in [-0.2, 0) is 0 Å². The number of fused-ring (bicyclic) bond motifs is 1. The Bertz CT molecular complexity index is 393. The molecular formula is C16H26. The van der Waals surface area contributed by atoms with E-state index in [-0.39, 0.29) is 0 Å². The van der Waals surface area contributed by atoms with E-state index in [2.05, 4.69) is 34.6 Å². The summed E-state index contributed by atoms with van der Waals surface area (Å²) in [6.07, 6.45) is 7.54. The number of hydrogen-bond acceptors (Lipinski definition) is 0. The Morgan fingerprint density at radius 2 is 1.62 bits per heavy atom. The zero-order valence-corrected chi connectivity index (χ0v) is 11.6. The molecule has 5 atom stereocenters. The molecule has 4 rings (SSSR count). The Balaban J connectivity index is 1.79. The lowest BCUT2D eigenvalue weighted by Gasteiger charge is -2.53. The summed E-state index contributed by atoms with van der Waals surface area (Å²) in [5.41, 5.74) is 3.53. The molecular weight excluding hydrogens is 192 g/mol. The molecule has 0 amide bonds. The van der Waals surface area contributed by atoms with Crippen molar-refractivity contribution in [2.75, 3.05) is 0 Å². The molecule has 0 aromatic heterocycles. The minimum Gasteiger partial charge on any atom is -0.0648 e. The van der Waals surface area contributed by atoms with Gasteiger partial charge in [-0.1, -0.05) is 34.6 Å². The summed E-state index contributed by atoms with van der Waals surface area (Å²) in [5, 5.41) is 0. The minimum atomic E-state index is 0.670. The Hall–Kier alpha value is 0. The molecule has 0 N–H and O–H groups in total. The number of hydrogen-bond donors (Lipinski definition) is 0. The summed E-state index contributed by atoms with van der Waals surface area (Å²) in [7, 11) is 0. The van der Waals surface area contributed by atoms with E-state index in [1.54, 1.807) is 0 Å². The molecule has 0 saturated heterocycles. The minimum absolute atomic E-state index is 0.670. The van der Waals surface area contributed by atoms with Crippen molar-refractivity contribution in [3.05, 3.63) is 0 Å². The lowest BCUT2D eigenvalue weighted by atomic mass is 9.51. The van der Waals surface area contributed by atoms with E-state index >= 15 is 0 Å². The fourth-order valence-electron chi connectivity index (χ4n) is 6.98. The molecule has 0 heterocycles. The first-order valence-electron chi connectivity index (χ1n) is 7.33. The molecule has 0 aliphatic heterocycles. The van der Waals surface area contributed by atoms with Gasteiger partial charge in [0.15, 0.2) is 0 Å². The number of rotatable bonds is 2. The third-order valence-corrected chi connectivity index (χ3v) is 8.94. The smallest absolute Gasteiger partial charge is 0.0145 e. The van der Waals surface area contributed by atoms with Crippen molar-refractivity contribution in [3.8, 4) is 0 Å². The Morgan fingerprint density at radius 3 is 1.88 bits per heavy atom. The van der Waals surface area contributed by atoms with Gasteiger partial charge in [0.2, 0.25) is 0 Å². The van der Waals surface area contributed by atoms with E-state index in [9.17, 15) is 0 Å². The van der Waals surface area contributed by atoms with Crippen molar-refractivity contribution in [2.24, 2.45) is 33.0 Å². The predicted molar refractivity (Wildman–Crippen MR) is 67.1 cm³/mol. The van der Waals surface area contributed by atoms with Gasteiger partial charge in [-0.2, -0.15) is 0 Å². The second-order valence-electron chi connectivity index (χ2n) is 8.25. The fraction of sp³-hybridized carbons (Fsp3) is 1.00. The largest absolute Gasteiger partial charge is 0.0648 e. The highest BCUT2D eigenvalue weighted by atomic mass is 15.0. The molecule has 0 radical (unpaired) electrons. The quantitative estimate of drug-likeness (QED) is 0.633. The highest BCUT2D eigenvalue weighted by Crippen LogP contribution is 3.01. The monoisotopic (exact) mass is 218 g/mol. The molecule has 0 bridgehead atoms. The molecule has 4 saturated carbocycles. The zero-order chi connectivity index (χ0) is 11.6. The zero-order valence-electron chi connectivity index (χ0n) is 11.6. The van der Waals surface area contributed by atoms with Crippen LogP contribution in [0.1, 0.15) is 66.7 Å². The maximum absolute atomic E-state index is 2.66. The van der Waals surface area contributed by atoms with Gasteiger partial charge in [0.05, 0.1) is 0 Å². The van der Waals surface area contributed by atoms with Crippen molar-refractivity contribution < 1.29 is 0 Å². The van der Waals surface area contributed by atoms with Gasteiger partial charge in [0.25, 0.3) is 0 Å². The first kappa shape index (κ1) is 9.97. The normalized spacial score (nSPS) is 68.4. The maximum Gasteiger partial charge on any atom is -0.0145 e. The van der Waals surface area contributed by atoms with Crippen molar-refractivity contribution in [1.29, 1.82) is 0 Å². The van der Waals surface area contributed by atoms with Crippen LogP contribution in [0.15, 0.2) is 0 Å². The van der Waals surface area contributed by atoms with Gasteiger partial charge in [-0.05, 0) is 65.1 Å². The van der Waals surface area contributed by atoms with Crippen LogP contribution in [0.4, 0.5) is 0 Å². The van der Waals surface area contributed by atoms with Crippen molar-refractivity contribution in [2.45, 2.75) is 66.7 Å². The van der Waals surface area contributed by atoms with E-state index in [1.165, 1.54) is 32.1 Å². The first-order chi connectivity index (χ1) is 7.33. The van der Waals surface area contributed by atoms with Crippen LogP contribution in [0.2, 0.25) is 0 Å². The highest BCUT2D eigenvalue weighted by Gasteiger charge is 2.94. The fourth-order valence-corrected chi connectivity index (χ4v) is 6.98. The van der Waals surface area contributed by atoms with Gasteiger partial charge in [0, 0.05) is 0 Å². The van der Waals surface area contributed by atoms with Crippen LogP contribution in [0.3, 0.4) is 0 Å². The Kier molecular flexibility index (Phi) is 1.27. The van der Waals surface area contributed by atoms with E-state index in [1.807, 2.05) is 0 Å². The van der Waals surface area contributed by atoms with E-state index in [0.717, 1.165) is 16.7 Å². The van der Waals surface area contributed by atoms with Crippen LogP contribution >= 0.6 is 0 Å². The second kappa shape index (κ2) is 2.04. The van der Waals surface area contributed by atoms with Gasteiger partial charge in [0.1, 0.15) is 0 Å². The predicted octanol–water partition coefficient (Wildman–Crippen LogP) is 4.64. The SMILES string of the molecule is CCC1(C)C2(CC2)C1(C)C1(C)CC2CC21C. The first-order valence-corrected chi connectivity index (χ1v) is 7.33. The van der Waals surface area contributed by atoms with Gasteiger partial charge in [-0.25, -0.2) is 0 Å². The molecule has 0 nitrogen and oxygen atoms in total. The molecule has 90 valence electrons. The van der Waals surface area contributed by atoms with Crippen LogP contribution in [0, 0.1) is 33.0 Å². The lowest BCUT2D eigenvalue weighted by Crippen LogP contribution is -2.47. The standard InChI is InChI=1S/C16H26/c1-6-13(3)15(5,16(13)7-8-16)14(4)10-11-9-12(11,14)2/h11H,6-10H2,1-5H3. The summed E-state index contributed by atoms with van der Waals surface area (Å²) in [6.45, 7) is 12.9. The molecule has 0 aromatic carbocycles. The topological polar surface area (TPSA) is 0 Å². The second-order valence-corrected chi connectivity index (χ2v) is 8.25. The Morgan fingerprint density at radius 1 is 1.00 bits per heavy atom. The molecule has 5 unspecified atom stereocenters. The van der Waals surface area contributed by atoms with Crippen LogP contribution in [0.25, 0.3) is 0 Å². The van der Waals surface area contributed by atoms with E-state index in [0.29, 0.717) is 16.2 Å². The summed E-state index contributed by atoms with van der Waals surface area (Å²) < 4.78 is 0. The van der Waals surface area contributed by atoms with Gasteiger partial charge >= 0.3 is 0 Å². The van der Waals surface area contributed by atoms with Gasteiger partial charge in [-0.15, -0.1) is 0 Å². The maximum atomic E-state index is 2.66. The van der Waals surface area contributed by atoms with Crippen LogP contribution in [-0.4, -0.2) is 0 Å². The summed E-state index contributed by atoms with van der Waals surface area (Å²) in [6, 6.07) is 0. The molecule has 16 heavy (non-hydrogen) atoms. The molecule has 4 aliphatic rings. The van der Waals surface area contributed by atoms with E-state index in [4.69, 9.17) is 0 Å². The highest BCUT2D eigenvalue weighted by molar-refractivity contribution is 5.42. The molecule has 0 aromatic rings. The van der Waals surface area contributed by atoms with Crippen LogP contribution in [0.5, 0.6) is 0 Å². The molecule has 0 heteroatoms. The van der Waals surface area contributed by atoms with Gasteiger partial charge in [-0.3, -0.25) is 0 Å². The van der Waals surface area contributed by atoms with Crippen molar-refractivity contribution in [1.82, 2.24) is 0 Å². The van der Waals surface area contributed by atoms with Gasteiger partial charge < -0.3 is 0 Å². The third kappa shape index (κ3) is 0.560. The average molecular weight is 218 g/mol. The lowest BCUT2D eigenvalue weighted by molar-refractivity contribution is -0.0490. The molecule has 1 spiro atoms. The molecule has 4 fully saturated rings. The summed E-state index contributed by atoms with van der Waals surface area (Å²) in [5.74, 6) is 1.10. The molecule has 4 aliphatic carbocycles. The van der Waals surface area contributed by atoms with Crippen molar-refractivity contribution in [3.63, 3.8) is 0 Å². The summed E-state index contributed by atoms with van der Waals surface area (Å²) in [4.78, 5) is 0. The summed E-state index contributed by atoms with van der Waals surface area (Å²) >= 11 is 0. The third-order valence-electron chi connectivity index (χ3n) is 8.94. The van der Waals surface area contributed by atoms with E-state index < -0.39 is 0 Å². The average Bonchev–Trinajstić information content (AvgIpc) is 3.16.